The van der Waals surface area contributed by atoms with E-state index in [1.807, 2.05) is 0 Å². The summed E-state index contributed by atoms with van der Waals surface area (Å²) in [4.78, 5) is 14.0. The fourth-order valence-electron chi connectivity index (χ4n) is 1.43. The molecule has 0 fully saturated rings. The van der Waals surface area contributed by atoms with E-state index in [-0.39, 0.29) is 0 Å². The van der Waals surface area contributed by atoms with Gasteiger partial charge in [-0.25, -0.2) is 13.8 Å². The highest BCUT2D eigenvalue weighted by Crippen LogP contribution is 2.34. The van der Waals surface area contributed by atoms with E-state index in [1.54, 1.807) is 0 Å². The molecule has 0 radical (unpaired) electrons. The van der Waals surface area contributed by atoms with Crippen molar-refractivity contribution in [2.45, 2.75) is 19.0 Å². The van der Waals surface area contributed by atoms with Crippen LogP contribution in [0.15, 0.2) is 6.07 Å². The first kappa shape index (κ1) is 15.8. The number of rotatable bonds is 3. The predicted molar refractivity (Wildman–Crippen MR) is 54.6 cm³/mol. The molecule has 20 heavy (non-hydrogen) atoms. The summed E-state index contributed by atoms with van der Waals surface area (Å²) in [5.41, 5.74) is -4.30. The number of carbonyl (C=O) groups excluding carboxylic acids is 1. The fraction of sp³-hybridized carbons (Fsp3) is 0.364. The summed E-state index contributed by atoms with van der Waals surface area (Å²) >= 11 is 0. The largest absolute Gasteiger partial charge is 0.469 e. The maximum Gasteiger partial charge on any atom is 0.419 e. The van der Waals surface area contributed by atoms with Gasteiger partial charge in [-0.1, -0.05) is 0 Å². The Labute approximate surface area is 109 Å². The van der Waals surface area contributed by atoms with Crippen LogP contribution in [0.1, 0.15) is 28.9 Å². The lowest BCUT2D eigenvalue weighted by molar-refractivity contribution is -0.141. The fourth-order valence-corrected chi connectivity index (χ4v) is 1.43. The van der Waals surface area contributed by atoms with Crippen LogP contribution in [0.3, 0.4) is 0 Å². The zero-order valence-corrected chi connectivity index (χ0v) is 9.96. The number of nitrogens with zero attached hydrogens (tertiary/aromatic N) is 2. The average molecular weight is 294 g/mol. The van der Waals surface area contributed by atoms with Crippen LogP contribution in [-0.4, -0.2) is 18.1 Å². The molecule has 0 saturated heterocycles. The number of halogens is 5. The summed E-state index contributed by atoms with van der Waals surface area (Å²) in [6, 6.07) is 1.43. The number of nitriles is 1. The van der Waals surface area contributed by atoms with Crippen LogP contribution in [0.25, 0.3) is 0 Å². The van der Waals surface area contributed by atoms with Crippen LogP contribution in [0, 0.1) is 11.3 Å². The minimum absolute atomic E-state index is 0.323. The van der Waals surface area contributed by atoms with Crippen LogP contribution in [0.4, 0.5) is 22.0 Å². The highest BCUT2D eigenvalue weighted by Gasteiger charge is 2.36. The van der Waals surface area contributed by atoms with Crippen molar-refractivity contribution < 1.29 is 31.5 Å². The Kier molecular flexibility index (Phi) is 4.60. The third-order valence-electron chi connectivity index (χ3n) is 2.32. The van der Waals surface area contributed by atoms with E-state index in [0.717, 1.165) is 13.2 Å². The molecule has 0 saturated carbocycles. The molecule has 0 amide bonds. The molecule has 1 heterocycles. The van der Waals surface area contributed by atoms with Gasteiger partial charge in [0.15, 0.2) is 5.69 Å². The van der Waals surface area contributed by atoms with Crippen LogP contribution < -0.4 is 0 Å². The highest BCUT2D eigenvalue weighted by molar-refractivity contribution is 5.73. The molecule has 1 aromatic heterocycles. The Bertz CT molecular complexity index is 563. The van der Waals surface area contributed by atoms with Crippen LogP contribution >= 0.6 is 0 Å². The SMILES string of the molecule is COC(=O)Cc1cc(C(F)(F)F)c(C#N)nc1C(F)F. The maximum atomic E-state index is 12.7. The lowest BCUT2D eigenvalue weighted by Gasteiger charge is -2.13. The molecule has 0 atom stereocenters. The van der Waals surface area contributed by atoms with Crippen LogP contribution in [-0.2, 0) is 22.1 Å². The molecule has 0 aliphatic heterocycles. The van der Waals surface area contributed by atoms with Gasteiger partial charge < -0.3 is 4.74 Å². The second kappa shape index (κ2) is 5.81. The van der Waals surface area contributed by atoms with E-state index in [1.165, 1.54) is 0 Å². The molecule has 4 nitrogen and oxygen atoms in total. The molecule has 0 bridgehead atoms. The summed E-state index contributed by atoms with van der Waals surface area (Å²) in [7, 11) is 0.964. The number of methoxy groups -OCH3 is 1. The van der Waals surface area contributed by atoms with E-state index in [2.05, 4.69) is 9.72 Å². The van der Waals surface area contributed by atoms with Crippen molar-refractivity contribution in [2.24, 2.45) is 0 Å². The van der Waals surface area contributed by atoms with Gasteiger partial charge in [-0.2, -0.15) is 18.4 Å². The average Bonchev–Trinajstić information content (AvgIpc) is 2.36. The Balaban J connectivity index is 3.48. The Morgan fingerprint density at radius 3 is 2.50 bits per heavy atom. The summed E-state index contributed by atoms with van der Waals surface area (Å²) < 4.78 is 67.7. The molecule has 1 rings (SSSR count). The minimum atomic E-state index is -4.94. The van der Waals surface area contributed by atoms with Crippen molar-refractivity contribution in [2.75, 3.05) is 7.11 Å². The van der Waals surface area contributed by atoms with Gasteiger partial charge in [0, 0.05) is 0 Å². The summed E-state index contributed by atoms with van der Waals surface area (Å²) in [6.45, 7) is 0. The Morgan fingerprint density at radius 1 is 1.50 bits per heavy atom. The standard InChI is InChI=1S/C11H7F5N2O2/c1-20-8(19)3-5-2-6(11(14,15)16)7(4-17)18-9(5)10(12)13/h2,10H,3H2,1H3. The molecular formula is C11H7F5N2O2. The number of hydrogen-bond acceptors (Lipinski definition) is 4. The number of pyridine rings is 1. The molecule has 9 heteroatoms. The summed E-state index contributed by atoms with van der Waals surface area (Å²) in [6.07, 6.45) is -8.95. The van der Waals surface area contributed by atoms with Crippen molar-refractivity contribution in [3.8, 4) is 6.07 Å². The van der Waals surface area contributed by atoms with Gasteiger partial charge in [-0.15, -0.1) is 0 Å². The molecular weight excluding hydrogens is 287 g/mol. The van der Waals surface area contributed by atoms with Crippen molar-refractivity contribution in [1.29, 1.82) is 5.26 Å². The molecule has 0 N–H and O–H groups in total. The lowest BCUT2D eigenvalue weighted by atomic mass is 10.0. The third-order valence-corrected chi connectivity index (χ3v) is 2.32. The summed E-state index contributed by atoms with van der Waals surface area (Å²) in [5, 5.41) is 8.56. The van der Waals surface area contributed by atoms with Gasteiger partial charge in [0.1, 0.15) is 11.8 Å². The van der Waals surface area contributed by atoms with Gasteiger partial charge in [-0.05, 0) is 11.6 Å². The molecule has 1 aromatic rings. The second-order valence-corrected chi connectivity index (χ2v) is 3.59. The number of esters is 1. The first-order valence-electron chi connectivity index (χ1n) is 5.06. The van der Waals surface area contributed by atoms with Crippen molar-refractivity contribution >= 4 is 5.97 Å². The van der Waals surface area contributed by atoms with E-state index < -0.39 is 47.5 Å². The molecule has 0 aromatic carbocycles. The Hall–Kier alpha value is -2.24. The normalized spacial score (nSPS) is 11.3. The van der Waals surface area contributed by atoms with E-state index in [0.29, 0.717) is 6.07 Å². The monoisotopic (exact) mass is 294 g/mol. The first-order valence-corrected chi connectivity index (χ1v) is 5.06. The van der Waals surface area contributed by atoms with Crippen molar-refractivity contribution in [3.63, 3.8) is 0 Å². The molecule has 0 spiro atoms. The van der Waals surface area contributed by atoms with Crippen molar-refractivity contribution in [1.82, 2.24) is 4.98 Å². The van der Waals surface area contributed by atoms with Crippen LogP contribution in [0.5, 0.6) is 0 Å². The number of aromatic nitrogens is 1. The van der Waals surface area contributed by atoms with Gasteiger partial charge in [-0.3, -0.25) is 4.79 Å². The zero-order valence-electron chi connectivity index (χ0n) is 9.96. The van der Waals surface area contributed by atoms with E-state index in [9.17, 15) is 26.7 Å². The van der Waals surface area contributed by atoms with Crippen molar-refractivity contribution in [3.05, 3.63) is 28.6 Å². The smallest absolute Gasteiger partial charge is 0.419 e. The van der Waals surface area contributed by atoms with Gasteiger partial charge in [0.25, 0.3) is 6.43 Å². The Morgan fingerprint density at radius 2 is 2.10 bits per heavy atom. The first-order chi connectivity index (χ1) is 9.20. The molecule has 0 unspecified atom stereocenters. The lowest BCUT2D eigenvalue weighted by Crippen LogP contribution is -2.15. The van der Waals surface area contributed by atoms with Gasteiger partial charge in [0.05, 0.1) is 19.1 Å². The number of hydrogen-bond donors (Lipinski definition) is 0. The number of ether oxygens (including phenoxy) is 1. The second-order valence-electron chi connectivity index (χ2n) is 3.59. The topological polar surface area (TPSA) is 63.0 Å². The van der Waals surface area contributed by atoms with Gasteiger partial charge in [0.2, 0.25) is 0 Å². The number of carbonyl (C=O) groups is 1. The quantitative estimate of drug-likeness (QED) is 0.635. The van der Waals surface area contributed by atoms with E-state index >= 15 is 0 Å². The maximum absolute atomic E-state index is 12.7. The minimum Gasteiger partial charge on any atom is -0.469 e. The zero-order chi connectivity index (χ0) is 15.5. The van der Waals surface area contributed by atoms with E-state index in [4.69, 9.17) is 5.26 Å². The van der Waals surface area contributed by atoms with Gasteiger partial charge >= 0.3 is 12.1 Å². The molecule has 0 aliphatic carbocycles. The number of alkyl halides is 5. The third kappa shape index (κ3) is 3.40. The highest BCUT2D eigenvalue weighted by atomic mass is 19.4. The summed E-state index contributed by atoms with van der Waals surface area (Å²) in [5.74, 6) is -0.994. The predicted octanol–water partition coefficient (Wildman–Crippen LogP) is 2.63. The molecule has 108 valence electrons. The molecule has 0 aliphatic rings. The van der Waals surface area contributed by atoms with Crippen LogP contribution in [0.2, 0.25) is 0 Å².